The zero-order valence-corrected chi connectivity index (χ0v) is 20.1. The summed E-state index contributed by atoms with van der Waals surface area (Å²) < 4.78 is 20.4. The van der Waals surface area contributed by atoms with Crippen molar-refractivity contribution in [3.63, 3.8) is 0 Å². The molecule has 2 aromatic carbocycles. The summed E-state index contributed by atoms with van der Waals surface area (Å²) in [6, 6.07) is 17.2. The normalized spacial score (nSPS) is 10.8. The number of likely N-dealkylation sites (N-methyl/N-ethyl adjacent to an activating group) is 1. The molecule has 35 heavy (non-hydrogen) atoms. The van der Waals surface area contributed by atoms with E-state index in [2.05, 4.69) is 15.5 Å². The molecule has 0 radical (unpaired) electrons. The van der Waals surface area contributed by atoms with Gasteiger partial charge in [0, 0.05) is 12.7 Å². The maximum Gasteiger partial charge on any atom is 0.243 e. The molecule has 4 rings (SSSR count). The van der Waals surface area contributed by atoms with E-state index in [1.54, 1.807) is 13.3 Å². The quantitative estimate of drug-likeness (QED) is 0.351. The minimum absolute atomic E-state index is 0.0810. The van der Waals surface area contributed by atoms with Gasteiger partial charge >= 0.3 is 0 Å². The first-order valence-electron chi connectivity index (χ1n) is 10.8. The average Bonchev–Trinajstić information content (AvgIpc) is 3.44. The number of carbonyl (C=O) groups is 2. The van der Waals surface area contributed by atoms with E-state index in [1.165, 1.54) is 40.9 Å². The maximum absolute atomic E-state index is 13.0. The molecule has 180 valence electrons. The van der Waals surface area contributed by atoms with Crippen molar-refractivity contribution in [2.45, 2.75) is 18.6 Å². The van der Waals surface area contributed by atoms with Crippen LogP contribution in [0.4, 0.5) is 10.1 Å². The van der Waals surface area contributed by atoms with Gasteiger partial charge in [-0.1, -0.05) is 42.1 Å². The van der Waals surface area contributed by atoms with Crippen LogP contribution in [-0.2, 0) is 16.1 Å². The molecule has 0 bridgehead atoms. The van der Waals surface area contributed by atoms with Crippen LogP contribution >= 0.6 is 11.8 Å². The van der Waals surface area contributed by atoms with Gasteiger partial charge in [0.05, 0.1) is 30.7 Å². The number of aryl methyl sites for hydroxylation is 1. The molecule has 0 atom stereocenters. The van der Waals surface area contributed by atoms with Gasteiger partial charge in [0.15, 0.2) is 11.0 Å². The summed E-state index contributed by atoms with van der Waals surface area (Å²) in [4.78, 5) is 26.3. The molecular weight excluding hydrogens is 469 g/mol. The third kappa shape index (κ3) is 6.15. The number of hydrogen-bond donors (Lipinski definition) is 1. The molecule has 0 saturated carbocycles. The minimum Gasteiger partial charge on any atom is -0.469 e. The first-order chi connectivity index (χ1) is 16.9. The van der Waals surface area contributed by atoms with Crippen LogP contribution < -0.4 is 5.32 Å². The lowest BCUT2D eigenvalue weighted by Crippen LogP contribution is -2.36. The highest BCUT2D eigenvalue weighted by molar-refractivity contribution is 7.99. The zero-order valence-electron chi connectivity index (χ0n) is 19.3. The number of hydrogen-bond acceptors (Lipinski definition) is 6. The molecule has 10 heteroatoms. The molecule has 0 aliphatic rings. The number of aromatic nitrogens is 3. The molecule has 0 spiro atoms. The molecular formula is C25H24FN5O3S. The van der Waals surface area contributed by atoms with Crippen LogP contribution in [0.25, 0.3) is 11.4 Å². The summed E-state index contributed by atoms with van der Waals surface area (Å²) in [5.41, 5.74) is 2.36. The molecule has 2 heterocycles. The van der Waals surface area contributed by atoms with E-state index in [9.17, 15) is 14.0 Å². The van der Waals surface area contributed by atoms with E-state index < -0.39 is 5.82 Å². The van der Waals surface area contributed by atoms with Gasteiger partial charge in [-0.2, -0.15) is 0 Å². The van der Waals surface area contributed by atoms with Crippen LogP contribution in [-0.4, -0.2) is 50.8 Å². The summed E-state index contributed by atoms with van der Waals surface area (Å²) in [6.45, 7) is 2.26. The Hall–Kier alpha value is -3.92. The summed E-state index contributed by atoms with van der Waals surface area (Å²) in [5.74, 6) is 0.464. The number of nitrogens with one attached hydrogen (secondary N) is 1. The van der Waals surface area contributed by atoms with Crippen molar-refractivity contribution in [1.82, 2.24) is 19.7 Å². The van der Waals surface area contributed by atoms with Crippen LogP contribution in [0.1, 0.15) is 11.3 Å². The Labute approximate surface area is 206 Å². The van der Waals surface area contributed by atoms with Crippen molar-refractivity contribution < 1.29 is 18.4 Å². The third-order valence-electron chi connectivity index (χ3n) is 5.26. The number of benzene rings is 2. The van der Waals surface area contributed by atoms with Crippen molar-refractivity contribution in [2.24, 2.45) is 0 Å². The molecule has 1 N–H and O–H groups in total. The number of rotatable bonds is 9. The van der Waals surface area contributed by atoms with E-state index in [4.69, 9.17) is 4.42 Å². The highest BCUT2D eigenvalue weighted by Crippen LogP contribution is 2.28. The largest absolute Gasteiger partial charge is 0.469 e. The SMILES string of the molecule is Cc1occc1-c1nnc(SCC(=O)N(C)CC(=O)Nc2ccc(F)cc2)n1Cc1ccccc1. The molecule has 0 aliphatic carbocycles. The standard InChI is InChI=1S/C25H24FN5O3S/c1-17-21(12-13-34-17)24-28-29-25(31(24)14-18-6-4-3-5-7-18)35-16-23(33)30(2)15-22(32)27-20-10-8-19(26)9-11-20/h3-13H,14-16H2,1-2H3,(H,27,32). The van der Waals surface area contributed by atoms with Gasteiger partial charge in [0.25, 0.3) is 0 Å². The van der Waals surface area contributed by atoms with E-state index in [1.807, 2.05) is 47.9 Å². The average molecular weight is 494 g/mol. The van der Waals surface area contributed by atoms with E-state index in [0.29, 0.717) is 23.2 Å². The second-order valence-electron chi connectivity index (χ2n) is 7.86. The summed E-state index contributed by atoms with van der Waals surface area (Å²) >= 11 is 1.25. The second kappa shape index (κ2) is 11.0. The number of amides is 2. The Balaban J connectivity index is 1.42. The van der Waals surface area contributed by atoms with Crippen LogP contribution in [0.2, 0.25) is 0 Å². The minimum atomic E-state index is -0.390. The molecule has 0 aliphatic heterocycles. The summed E-state index contributed by atoms with van der Waals surface area (Å²) in [7, 11) is 1.56. The molecule has 0 unspecified atom stereocenters. The molecule has 0 saturated heterocycles. The first kappa shape index (κ1) is 24.2. The van der Waals surface area contributed by atoms with Crippen molar-refractivity contribution in [2.75, 3.05) is 24.7 Å². The highest BCUT2D eigenvalue weighted by Gasteiger charge is 2.20. The number of halogens is 1. The Morgan fingerprint density at radius 1 is 1.09 bits per heavy atom. The van der Waals surface area contributed by atoms with Gasteiger partial charge in [-0.25, -0.2) is 4.39 Å². The Kier molecular flexibility index (Phi) is 7.61. The fraction of sp³-hybridized carbons (Fsp3) is 0.200. The van der Waals surface area contributed by atoms with Gasteiger partial charge in [-0.15, -0.1) is 10.2 Å². The van der Waals surface area contributed by atoms with Gasteiger partial charge in [-0.3, -0.25) is 14.2 Å². The molecule has 2 amide bonds. The number of carbonyl (C=O) groups excluding carboxylic acids is 2. The molecule has 8 nitrogen and oxygen atoms in total. The second-order valence-corrected chi connectivity index (χ2v) is 8.80. The Morgan fingerprint density at radius 2 is 1.83 bits per heavy atom. The number of thioether (sulfide) groups is 1. The fourth-order valence-electron chi connectivity index (χ4n) is 3.39. The van der Waals surface area contributed by atoms with Gasteiger partial charge < -0.3 is 14.6 Å². The lowest BCUT2D eigenvalue weighted by Gasteiger charge is -2.17. The third-order valence-corrected chi connectivity index (χ3v) is 6.21. The van der Waals surface area contributed by atoms with Crippen molar-refractivity contribution in [3.05, 3.63) is 84.1 Å². The van der Waals surface area contributed by atoms with Crippen molar-refractivity contribution in [1.29, 1.82) is 0 Å². The smallest absolute Gasteiger partial charge is 0.243 e. The van der Waals surface area contributed by atoms with Crippen molar-refractivity contribution >= 4 is 29.3 Å². The summed E-state index contributed by atoms with van der Waals surface area (Å²) in [6.07, 6.45) is 1.61. The predicted molar refractivity (Wildman–Crippen MR) is 131 cm³/mol. The molecule has 0 fully saturated rings. The number of nitrogens with zero attached hydrogens (tertiary/aromatic N) is 4. The molecule has 4 aromatic rings. The van der Waals surface area contributed by atoms with Gasteiger partial charge in [-0.05, 0) is 42.8 Å². The summed E-state index contributed by atoms with van der Waals surface area (Å²) in [5, 5.41) is 11.9. The predicted octanol–water partition coefficient (Wildman–Crippen LogP) is 4.22. The lowest BCUT2D eigenvalue weighted by molar-refractivity contribution is -0.131. The highest BCUT2D eigenvalue weighted by atomic mass is 32.2. The van der Waals surface area contributed by atoms with Crippen LogP contribution in [0, 0.1) is 12.7 Å². The van der Waals surface area contributed by atoms with E-state index >= 15 is 0 Å². The first-order valence-corrected chi connectivity index (χ1v) is 11.8. The monoisotopic (exact) mass is 493 g/mol. The van der Waals surface area contributed by atoms with E-state index in [-0.39, 0.29) is 24.1 Å². The maximum atomic E-state index is 13.0. The fourth-order valence-corrected chi connectivity index (χ4v) is 4.27. The van der Waals surface area contributed by atoms with Crippen molar-refractivity contribution in [3.8, 4) is 11.4 Å². The molecule has 2 aromatic heterocycles. The van der Waals surface area contributed by atoms with Crippen LogP contribution in [0.15, 0.2) is 76.5 Å². The van der Waals surface area contributed by atoms with Gasteiger partial charge in [0.2, 0.25) is 11.8 Å². The van der Waals surface area contributed by atoms with Gasteiger partial charge in [0.1, 0.15) is 11.6 Å². The zero-order chi connectivity index (χ0) is 24.8. The van der Waals surface area contributed by atoms with Crippen LogP contribution in [0.3, 0.4) is 0 Å². The van der Waals surface area contributed by atoms with Crippen LogP contribution in [0.5, 0.6) is 0 Å². The Morgan fingerprint density at radius 3 is 2.51 bits per heavy atom. The Bertz CT molecular complexity index is 1300. The number of anilines is 1. The number of furan rings is 1. The topological polar surface area (TPSA) is 93.3 Å². The lowest BCUT2D eigenvalue weighted by atomic mass is 10.2. The van der Waals surface area contributed by atoms with E-state index in [0.717, 1.165) is 16.9 Å².